The van der Waals surface area contributed by atoms with Crippen LogP contribution in [-0.2, 0) is 20.9 Å². The van der Waals surface area contributed by atoms with Crippen LogP contribution in [0.25, 0.3) is 0 Å². The summed E-state index contributed by atoms with van der Waals surface area (Å²) in [6, 6.07) is 15.9. The van der Waals surface area contributed by atoms with Gasteiger partial charge in [0, 0.05) is 37.2 Å². The molecule has 3 aromatic rings. The molecule has 0 aliphatic carbocycles. The maximum Gasteiger partial charge on any atom is 0.416 e. The predicted molar refractivity (Wildman–Crippen MR) is 141 cm³/mol. The summed E-state index contributed by atoms with van der Waals surface area (Å²) in [5.41, 5.74) is 0.480. The summed E-state index contributed by atoms with van der Waals surface area (Å²) in [6.07, 6.45) is -5.09. The highest BCUT2D eigenvalue weighted by Gasteiger charge is 2.32. The molecule has 12 heteroatoms. The standard InChI is InChI=1S/C24H23Br2F3N2O3S2/c25-20-16-21(35-23(20)26)36(32,33)31-11-9-30(10-12-31)13-14-34-22(17-5-2-1-3-6-17)18-7-4-8-19(15-18)24(27,28)29/h1-8,15-16,22H,9-14H2. The fourth-order valence-electron chi connectivity index (χ4n) is 3.97. The summed E-state index contributed by atoms with van der Waals surface area (Å²) in [5, 5.41) is 0. The van der Waals surface area contributed by atoms with E-state index in [0.29, 0.717) is 42.8 Å². The molecule has 1 fully saturated rings. The highest BCUT2D eigenvalue weighted by molar-refractivity contribution is 9.13. The molecule has 2 heterocycles. The maximum absolute atomic E-state index is 13.3. The minimum absolute atomic E-state index is 0.282. The number of nitrogens with zero attached hydrogens (tertiary/aromatic N) is 2. The normalized spacial score (nSPS) is 16.8. The molecule has 4 rings (SSSR count). The van der Waals surface area contributed by atoms with Crippen molar-refractivity contribution in [1.82, 2.24) is 9.21 Å². The third kappa shape index (κ3) is 6.58. The first-order valence-corrected chi connectivity index (χ1v) is 14.9. The molecule has 1 atom stereocenters. The van der Waals surface area contributed by atoms with Crippen molar-refractivity contribution in [1.29, 1.82) is 0 Å². The molecule has 0 radical (unpaired) electrons. The number of benzene rings is 2. The second-order valence-electron chi connectivity index (χ2n) is 8.22. The van der Waals surface area contributed by atoms with Crippen LogP contribution in [-0.4, -0.2) is 57.0 Å². The Hall–Kier alpha value is -1.28. The number of hydrogen-bond donors (Lipinski definition) is 0. The number of ether oxygens (including phenoxy) is 1. The molecule has 1 unspecified atom stereocenters. The van der Waals surface area contributed by atoms with Crippen LogP contribution in [0.4, 0.5) is 13.2 Å². The Morgan fingerprint density at radius 1 is 0.944 bits per heavy atom. The van der Waals surface area contributed by atoms with Gasteiger partial charge in [-0.1, -0.05) is 42.5 Å². The fraction of sp³-hybridized carbons (Fsp3) is 0.333. The molecule has 0 saturated carbocycles. The van der Waals surface area contributed by atoms with E-state index in [1.807, 2.05) is 30.3 Å². The quantitative estimate of drug-likeness (QED) is 0.279. The summed E-state index contributed by atoms with van der Waals surface area (Å²) in [4.78, 5) is 2.10. The number of hydrogen-bond acceptors (Lipinski definition) is 5. The zero-order valence-electron chi connectivity index (χ0n) is 18.9. The summed E-state index contributed by atoms with van der Waals surface area (Å²) in [6.45, 7) is 2.60. The van der Waals surface area contributed by atoms with Crippen molar-refractivity contribution in [3.8, 4) is 0 Å². The highest BCUT2D eigenvalue weighted by atomic mass is 79.9. The number of halogens is 5. The van der Waals surface area contributed by atoms with Crippen LogP contribution in [0, 0.1) is 0 Å². The topological polar surface area (TPSA) is 49.9 Å². The average Bonchev–Trinajstić information content (AvgIpc) is 3.21. The molecule has 0 bridgehead atoms. The Balaban J connectivity index is 1.38. The van der Waals surface area contributed by atoms with Gasteiger partial charge in [-0.2, -0.15) is 17.5 Å². The monoisotopic (exact) mass is 666 g/mol. The van der Waals surface area contributed by atoms with Crippen molar-refractivity contribution in [2.45, 2.75) is 16.5 Å². The minimum atomic E-state index is -4.44. The van der Waals surface area contributed by atoms with E-state index in [2.05, 4.69) is 36.8 Å². The SMILES string of the molecule is O=S(=O)(c1cc(Br)c(Br)s1)N1CCN(CCOC(c2ccccc2)c2cccc(C(F)(F)F)c2)CC1. The first kappa shape index (κ1) is 27.7. The first-order chi connectivity index (χ1) is 17.1. The minimum Gasteiger partial charge on any atom is -0.367 e. The Bertz CT molecular complexity index is 1260. The van der Waals surface area contributed by atoms with Gasteiger partial charge in [-0.3, -0.25) is 4.90 Å². The van der Waals surface area contributed by atoms with E-state index in [-0.39, 0.29) is 10.8 Å². The van der Waals surface area contributed by atoms with Crippen LogP contribution in [0.3, 0.4) is 0 Å². The van der Waals surface area contributed by atoms with Crippen LogP contribution < -0.4 is 0 Å². The van der Waals surface area contributed by atoms with E-state index in [0.717, 1.165) is 21.5 Å². The average molecular weight is 668 g/mol. The van der Waals surface area contributed by atoms with Gasteiger partial charge in [-0.15, -0.1) is 11.3 Å². The number of alkyl halides is 3. The molecule has 36 heavy (non-hydrogen) atoms. The van der Waals surface area contributed by atoms with Crippen LogP contribution >= 0.6 is 43.2 Å². The molecule has 0 amide bonds. The van der Waals surface area contributed by atoms with Gasteiger partial charge in [0.1, 0.15) is 10.3 Å². The van der Waals surface area contributed by atoms with Gasteiger partial charge >= 0.3 is 6.18 Å². The molecule has 1 aliphatic heterocycles. The highest BCUT2D eigenvalue weighted by Crippen LogP contribution is 2.36. The predicted octanol–water partition coefficient (Wildman–Crippen LogP) is 6.40. The number of thiophene rings is 1. The van der Waals surface area contributed by atoms with Gasteiger partial charge in [-0.05, 0) is 61.2 Å². The van der Waals surface area contributed by atoms with Gasteiger partial charge in [0.05, 0.1) is 16.0 Å². The van der Waals surface area contributed by atoms with E-state index in [1.54, 1.807) is 12.1 Å². The lowest BCUT2D eigenvalue weighted by atomic mass is 9.99. The lowest BCUT2D eigenvalue weighted by molar-refractivity contribution is -0.137. The second kappa shape index (κ2) is 11.6. The molecule has 2 aromatic carbocycles. The van der Waals surface area contributed by atoms with Crippen molar-refractivity contribution in [2.24, 2.45) is 0 Å². The Kier molecular flexibility index (Phi) is 8.96. The number of piperazine rings is 1. The van der Waals surface area contributed by atoms with Crippen molar-refractivity contribution in [3.05, 3.63) is 85.6 Å². The van der Waals surface area contributed by atoms with Crippen molar-refractivity contribution in [2.75, 3.05) is 39.3 Å². The summed E-state index contributed by atoms with van der Waals surface area (Å²) >= 11 is 7.84. The van der Waals surface area contributed by atoms with Gasteiger partial charge < -0.3 is 4.74 Å². The van der Waals surface area contributed by atoms with E-state index in [4.69, 9.17) is 4.74 Å². The second-order valence-corrected chi connectivity index (χ2v) is 13.6. The fourth-order valence-corrected chi connectivity index (χ4v) is 8.36. The van der Waals surface area contributed by atoms with E-state index >= 15 is 0 Å². The molecule has 1 aromatic heterocycles. The van der Waals surface area contributed by atoms with Gasteiger partial charge in [0.15, 0.2) is 0 Å². The van der Waals surface area contributed by atoms with Crippen LogP contribution in [0.5, 0.6) is 0 Å². The molecule has 1 saturated heterocycles. The Morgan fingerprint density at radius 2 is 1.61 bits per heavy atom. The third-order valence-corrected chi connectivity index (χ3v) is 11.5. The Labute approximate surface area is 229 Å². The molecule has 0 spiro atoms. The smallest absolute Gasteiger partial charge is 0.367 e. The lowest BCUT2D eigenvalue weighted by Crippen LogP contribution is -2.49. The van der Waals surface area contributed by atoms with E-state index < -0.39 is 27.9 Å². The molecule has 1 aliphatic rings. The summed E-state index contributed by atoms with van der Waals surface area (Å²) in [7, 11) is -3.57. The molecule has 194 valence electrons. The lowest BCUT2D eigenvalue weighted by Gasteiger charge is -2.34. The van der Waals surface area contributed by atoms with Crippen LogP contribution in [0.2, 0.25) is 0 Å². The molecular formula is C24H23Br2F3N2O3S2. The molecule has 0 N–H and O–H groups in total. The largest absolute Gasteiger partial charge is 0.416 e. The number of sulfonamides is 1. The molecule has 5 nitrogen and oxygen atoms in total. The summed E-state index contributed by atoms with van der Waals surface area (Å²) < 4.78 is 75.0. The van der Waals surface area contributed by atoms with Crippen LogP contribution in [0.1, 0.15) is 22.8 Å². The third-order valence-electron chi connectivity index (χ3n) is 5.86. The van der Waals surface area contributed by atoms with E-state index in [9.17, 15) is 21.6 Å². The van der Waals surface area contributed by atoms with Crippen molar-refractivity contribution >= 4 is 53.2 Å². The zero-order valence-corrected chi connectivity index (χ0v) is 23.7. The molecular weight excluding hydrogens is 645 g/mol. The van der Waals surface area contributed by atoms with Crippen molar-refractivity contribution < 1.29 is 26.3 Å². The first-order valence-electron chi connectivity index (χ1n) is 11.1. The van der Waals surface area contributed by atoms with Gasteiger partial charge in [0.25, 0.3) is 10.0 Å². The summed E-state index contributed by atoms with van der Waals surface area (Å²) in [5.74, 6) is 0. The Morgan fingerprint density at radius 3 is 2.22 bits per heavy atom. The van der Waals surface area contributed by atoms with E-state index in [1.165, 1.54) is 21.7 Å². The zero-order chi connectivity index (χ0) is 25.9. The maximum atomic E-state index is 13.3. The number of rotatable bonds is 8. The van der Waals surface area contributed by atoms with Crippen LogP contribution in [0.15, 0.2) is 73.1 Å². The van der Waals surface area contributed by atoms with Gasteiger partial charge in [-0.25, -0.2) is 8.42 Å². The van der Waals surface area contributed by atoms with Crippen molar-refractivity contribution in [3.63, 3.8) is 0 Å². The van der Waals surface area contributed by atoms with Gasteiger partial charge in [0.2, 0.25) is 0 Å².